The van der Waals surface area contributed by atoms with Crippen LogP contribution in [0.3, 0.4) is 0 Å². The van der Waals surface area contributed by atoms with E-state index >= 15 is 0 Å². The molecule has 1 heterocycles. The Balaban J connectivity index is 2.41. The van der Waals surface area contributed by atoms with Crippen LogP contribution in [0.1, 0.15) is 30.3 Å². The SMILES string of the molecule is CCOC(c1ccccc1)C(NC)c1c(Br)nnn1C. The summed E-state index contributed by atoms with van der Waals surface area (Å²) in [5.41, 5.74) is 2.09. The lowest BCUT2D eigenvalue weighted by Gasteiger charge is -2.27. The predicted octanol–water partition coefficient (Wildman–Crippen LogP) is 2.62. The van der Waals surface area contributed by atoms with Crippen molar-refractivity contribution < 1.29 is 4.74 Å². The van der Waals surface area contributed by atoms with Crippen molar-refractivity contribution >= 4 is 15.9 Å². The molecule has 0 amide bonds. The van der Waals surface area contributed by atoms with Gasteiger partial charge in [0, 0.05) is 13.7 Å². The Morgan fingerprint density at radius 1 is 1.35 bits per heavy atom. The van der Waals surface area contributed by atoms with Gasteiger partial charge in [-0.1, -0.05) is 35.5 Å². The van der Waals surface area contributed by atoms with Gasteiger partial charge in [-0.25, -0.2) is 4.68 Å². The van der Waals surface area contributed by atoms with Crippen LogP contribution in [0.4, 0.5) is 0 Å². The van der Waals surface area contributed by atoms with E-state index in [2.05, 4.69) is 43.7 Å². The normalized spacial score (nSPS) is 14.2. The Kier molecular flexibility index (Phi) is 5.28. The molecule has 0 aliphatic rings. The van der Waals surface area contributed by atoms with Crippen LogP contribution in [0.5, 0.6) is 0 Å². The molecule has 0 saturated carbocycles. The van der Waals surface area contributed by atoms with Crippen LogP contribution < -0.4 is 5.32 Å². The third-order valence-corrected chi connectivity index (χ3v) is 3.77. The molecule has 0 spiro atoms. The molecule has 1 N–H and O–H groups in total. The number of rotatable bonds is 6. The summed E-state index contributed by atoms with van der Waals surface area (Å²) >= 11 is 3.46. The maximum absolute atomic E-state index is 5.96. The first-order valence-corrected chi connectivity index (χ1v) is 7.37. The van der Waals surface area contributed by atoms with Crippen LogP contribution in [-0.4, -0.2) is 28.6 Å². The van der Waals surface area contributed by atoms with E-state index in [0.717, 1.165) is 15.9 Å². The lowest BCUT2D eigenvalue weighted by molar-refractivity contribution is 0.0324. The lowest BCUT2D eigenvalue weighted by atomic mass is 10.00. The van der Waals surface area contributed by atoms with E-state index in [-0.39, 0.29) is 12.1 Å². The molecule has 1 aromatic carbocycles. The quantitative estimate of drug-likeness (QED) is 0.879. The molecule has 0 saturated heterocycles. The Hall–Kier alpha value is -1.24. The molecule has 0 bridgehead atoms. The van der Waals surface area contributed by atoms with Gasteiger partial charge in [-0.3, -0.25) is 0 Å². The number of aromatic nitrogens is 3. The van der Waals surface area contributed by atoms with Crippen LogP contribution in [0.25, 0.3) is 0 Å². The van der Waals surface area contributed by atoms with Gasteiger partial charge >= 0.3 is 0 Å². The van der Waals surface area contributed by atoms with E-state index in [9.17, 15) is 0 Å². The van der Waals surface area contributed by atoms with Gasteiger partial charge in [0.15, 0.2) is 4.60 Å². The molecule has 5 nitrogen and oxygen atoms in total. The minimum atomic E-state index is -0.0975. The first-order valence-electron chi connectivity index (χ1n) is 6.57. The fourth-order valence-electron chi connectivity index (χ4n) is 2.31. The molecular weight excluding hydrogens is 320 g/mol. The average molecular weight is 339 g/mol. The third kappa shape index (κ3) is 3.08. The van der Waals surface area contributed by atoms with Gasteiger partial charge in [0.1, 0.15) is 6.10 Å². The molecule has 2 unspecified atom stereocenters. The summed E-state index contributed by atoms with van der Waals surface area (Å²) in [6, 6.07) is 10.1. The molecule has 6 heteroatoms. The van der Waals surface area contributed by atoms with E-state index in [1.165, 1.54) is 0 Å². The second kappa shape index (κ2) is 6.97. The summed E-state index contributed by atoms with van der Waals surface area (Å²) in [6.45, 7) is 2.64. The van der Waals surface area contributed by atoms with Gasteiger partial charge < -0.3 is 10.1 Å². The smallest absolute Gasteiger partial charge is 0.153 e. The molecule has 1 aromatic heterocycles. The fourth-order valence-corrected chi connectivity index (χ4v) is 2.88. The number of hydrogen-bond acceptors (Lipinski definition) is 4. The van der Waals surface area contributed by atoms with Gasteiger partial charge in [-0.15, -0.1) is 5.10 Å². The highest BCUT2D eigenvalue weighted by atomic mass is 79.9. The molecule has 2 aromatic rings. The van der Waals surface area contributed by atoms with Crippen molar-refractivity contribution in [2.75, 3.05) is 13.7 Å². The zero-order valence-corrected chi connectivity index (χ0v) is 13.5. The Bertz CT molecular complexity index is 524. The lowest BCUT2D eigenvalue weighted by Crippen LogP contribution is -2.28. The number of ether oxygens (including phenoxy) is 1. The Labute approximate surface area is 127 Å². The number of nitrogens with one attached hydrogen (secondary N) is 1. The van der Waals surface area contributed by atoms with E-state index in [0.29, 0.717) is 6.61 Å². The molecule has 0 radical (unpaired) electrons. The highest BCUT2D eigenvalue weighted by Crippen LogP contribution is 2.34. The standard InChI is InChI=1S/C14H19BrN4O/c1-4-20-13(10-8-6-5-7-9-10)11(16-2)12-14(15)17-18-19(12)3/h5-9,11,13,16H,4H2,1-3H3. The average Bonchev–Trinajstić information content (AvgIpc) is 2.80. The zero-order valence-electron chi connectivity index (χ0n) is 11.9. The minimum absolute atomic E-state index is 0.0354. The Morgan fingerprint density at radius 3 is 2.55 bits per heavy atom. The summed E-state index contributed by atoms with van der Waals surface area (Å²) in [7, 11) is 3.80. The molecule has 2 rings (SSSR count). The van der Waals surface area contributed by atoms with E-state index < -0.39 is 0 Å². The van der Waals surface area contributed by atoms with E-state index in [1.807, 2.05) is 39.2 Å². The van der Waals surface area contributed by atoms with Crippen molar-refractivity contribution in [2.24, 2.45) is 7.05 Å². The van der Waals surface area contributed by atoms with Crippen LogP contribution in [0.15, 0.2) is 34.9 Å². The van der Waals surface area contributed by atoms with Gasteiger partial charge in [-0.05, 0) is 35.5 Å². The molecule has 20 heavy (non-hydrogen) atoms. The largest absolute Gasteiger partial charge is 0.372 e. The van der Waals surface area contributed by atoms with Gasteiger partial charge in [0.25, 0.3) is 0 Å². The summed E-state index contributed by atoms with van der Waals surface area (Å²) < 4.78 is 8.46. The summed E-state index contributed by atoms with van der Waals surface area (Å²) in [5, 5.41) is 11.4. The maximum Gasteiger partial charge on any atom is 0.153 e. The first-order chi connectivity index (χ1) is 9.69. The van der Waals surface area contributed by atoms with Crippen LogP contribution in [0.2, 0.25) is 0 Å². The summed E-state index contributed by atoms with van der Waals surface area (Å²) in [5.74, 6) is 0. The zero-order chi connectivity index (χ0) is 14.5. The molecular formula is C14H19BrN4O. The number of nitrogens with zero attached hydrogens (tertiary/aromatic N) is 3. The monoisotopic (exact) mass is 338 g/mol. The van der Waals surface area contributed by atoms with Crippen LogP contribution in [-0.2, 0) is 11.8 Å². The number of halogens is 1. The predicted molar refractivity (Wildman–Crippen MR) is 81.3 cm³/mol. The topological polar surface area (TPSA) is 52.0 Å². The molecule has 2 atom stereocenters. The van der Waals surface area contributed by atoms with Crippen molar-refractivity contribution in [1.82, 2.24) is 20.3 Å². The fraction of sp³-hybridized carbons (Fsp3) is 0.429. The first kappa shape index (κ1) is 15.2. The second-order valence-corrected chi connectivity index (χ2v) is 5.19. The molecule has 0 fully saturated rings. The second-order valence-electron chi connectivity index (χ2n) is 4.44. The van der Waals surface area contributed by atoms with Crippen LogP contribution in [0, 0.1) is 0 Å². The third-order valence-electron chi connectivity index (χ3n) is 3.21. The number of benzene rings is 1. The van der Waals surface area contributed by atoms with Crippen molar-refractivity contribution in [3.05, 3.63) is 46.2 Å². The minimum Gasteiger partial charge on any atom is -0.372 e. The van der Waals surface area contributed by atoms with Gasteiger partial charge in [-0.2, -0.15) is 0 Å². The number of aryl methyl sites for hydroxylation is 1. The Morgan fingerprint density at radius 2 is 2.05 bits per heavy atom. The van der Waals surface area contributed by atoms with E-state index in [4.69, 9.17) is 4.74 Å². The van der Waals surface area contributed by atoms with Gasteiger partial charge in [0.2, 0.25) is 0 Å². The number of hydrogen-bond donors (Lipinski definition) is 1. The van der Waals surface area contributed by atoms with Crippen LogP contribution >= 0.6 is 15.9 Å². The molecule has 108 valence electrons. The van der Waals surface area contributed by atoms with Gasteiger partial charge in [0.05, 0.1) is 11.7 Å². The summed E-state index contributed by atoms with van der Waals surface area (Å²) in [6.07, 6.45) is -0.0975. The molecule has 0 aliphatic heterocycles. The maximum atomic E-state index is 5.96. The van der Waals surface area contributed by atoms with Crippen molar-refractivity contribution in [3.63, 3.8) is 0 Å². The van der Waals surface area contributed by atoms with Crippen molar-refractivity contribution in [3.8, 4) is 0 Å². The van der Waals surface area contributed by atoms with E-state index in [1.54, 1.807) is 4.68 Å². The molecule has 0 aliphatic carbocycles. The van der Waals surface area contributed by atoms with Crippen molar-refractivity contribution in [1.29, 1.82) is 0 Å². The number of likely N-dealkylation sites (N-methyl/N-ethyl adjacent to an activating group) is 1. The highest BCUT2D eigenvalue weighted by molar-refractivity contribution is 9.10. The summed E-state index contributed by atoms with van der Waals surface area (Å²) in [4.78, 5) is 0. The highest BCUT2D eigenvalue weighted by Gasteiger charge is 2.29. The van der Waals surface area contributed by atoms with Crippen molar-refractivity contribution in [2.45, 2.75) is 19.1 Å².